The molecule has 0 spiro atoms. The van der Waals surface area contributed by atoms with Gasteiger partial charge in [0.05, 0.1) is 5.75 Å². The van der Waals surface area contributed by atoms with E-state index in [1.807, 2.05) is 4.90 Å². The van der Waals surface area contributed by atoms with Crippen LogP contribution in [0.3, 0.4) is 0 Å². The van der Waals surface area contributed by atoms with Gasteiger partial charge in [-0.2, -0.15) is 4.31 Å². The molecular weight excluding hydrogens is 290 g/mol. The van der Waals surface area contributed by atoms with Crippen molar-refractivity contribution < 1.29 is 13.2 Å². The highest BCUT2D eigenvalue weighted by Gasteiger charge is 2.26. The molecule has 7 heteroatoms. The molecule has 0 N–H and O–H groups in total. The summed E-state index contributed by atoms with van der Waals surface area (Å²) in [6.07, 6.45) is 4.04. The molecule has 21 heavy (non-hydrogen) atoms. The molecular formula is C14H27N3O3S. The lowest BCUT2D eigenvalue weighted by atomic mass is 10.1. The van der Waals surface area contributed by atoms with Gasteiger partial charge >= 0.3 is 0 Å². The number of nitrogens with zero attached hydrogens (tertiary/aromatic N) is 3. The van der Waals surface area contributed by atoms with Crippen LogP contribution >= 0.6 is 0 Å². The van der Waals surface area contributed by atoms with Crippen LogP contribution < -0.4 is 0 Å². The lowest BCUT2D eigenvalue weighted by molar-refractivity contribution is -0.132. The molecule has 2 fully saturated rings. The van der Waals surface area contributed by atoms with Crippen LogP contribution in [-0.4, -0.2) is 80.0 Å². The number of sulfonamides is 1. The van der Waals surface area contributed by atoms with Crippen molar-refractivity contribution in [3.8, 4) is 0 Å². The molecule has 6 nitrogen and oxygen atoms in total. The topological polar surface area (TPSA) is 60.9 Å². The van der Waals surface area contributed by atoms with Crippen molar-refractivity contribution in [2.24, 2.45) is 0 Å². The first-order valence-electron chi connectivity index (χ1n) is 8.01. The second-order valence-corrected chi connectivity index (χ2v) is 8.09. The maximum atomic E-state index is 12.1. The quantitative estimate of drug-likeness (QED) is 0.734. The number of carbonyl (C=O) groups excluding carboxylic acids is 1. The predicted octanol–water partition coefficient (Wildman–Crippen LogP) is 0.356. The number of piperidine rings is 1. The second-order valence-electron chi connectivity index (χ2n) is 5.83. The monoisotopic (exact) mass is 317 g/mol. The minimum atomic E-state index is -3.06. The van der Waals surface area contributed by atoms with E-state index < -0.39 is 10.0 Å². The van der Waals surface area contributed by atoms with Crippen molar-refractivity contribution in [2.75, 3.05) is 51.6 Å². The van der Waals surface area contributed by atoms with E-state index >= 15 is 0 Å². The van der Waals surface area contributed by atoms with Crippen LogP contribution in [0.4, 0.5) is 0 Å². The molecule has 1 amide bonds. The average molecular weight is 317 g/mol. The molecule has 0 bridgehead atoms. The fourth-order valence-corrected chi connectivity index (χ4v) is 4.05. The van der Waals surface area contributed by atoms with E-state index in [1.54, 1.807) is 11.2 Å². The van der Waals surface area contributed by atoms with Crippen molar-refractivity contribution in [3.05, 3.63) is 0 Å². The van der Waals surface area contributed by atoms with Crippen molar-refractivity contribution in [3.63, 3.8) is 0 Å². The highest BCUT2D eigenvalue weighted by Crippen LogP contribution is 2.12. The Morgan fingerprint density at radius 1 is 0.952 bits per heavy atom. The summed E-state index contributed by atoms with van der Waals surface area (Å²) >= 11 is 0. The van der Waals surface area contributed by atoms with Crippen LogP contribution in [0, 0.1) is 0 Å². The lowest BCUT2D eigenvalue weighted by Gasteiger charge is -2.34. The Morgan fingerprint density at radius 2 is 1.57 bits per heavy atom. The molecule has 0 aromatic carbocycles. The molecule has 0 aromatic rings. The molecule has 2 heterocycles. The van der Waals surface area contributed by atoms with Crippen molar-refractivity contribution in [1.82, 2.24) is 14.1 Å². The smallest absolute Gasteiger partial charge is 0.223 e. The Kier molecular flexibility index (Phi) is 6.01. The zero-order valence-corrected chi connectivity index (χ0v) is 13.8. The summed E-state index contributed by atoms with van der Waals surface area (Å²) < 4.78 is 25.1. The van der Waals surface area contributed by atoms with Crippen molar-refractivity contribution >= 4 is 15.9 Å². The Balaban J connectivity index is 1.70. The van der Waals surface area contributed by atoms with E-state index in [-0.39, 0.29) is 11.7 Å². The predicted molar refractivity (Wildman–Crippen MR) is 82.5 cm³/mol. The summed E-state index contributed by atoms with van der Waals surface area (Å²) in [6.45, 7) is 6.79. The molecule has 0 atom stereocenters. The molecule has 0 unspecified atom stereocenters. The number of hydrogen-bond acceptors (Lipinski definition) is 4. The minimum absolute atomic E-state index is 0.167. The standard InChI is InChI=1S/C14H27N3O3S/c1-2-21(19,20)17-12-10-15(11-13-17)9-6-14(18)16-7-4-3-5-8-16/h2-13H2,1H3. The van der Waals surface area contributed by atoms with Crippen LogP contribution in [0.1, 0.15) is 32.6 Å². The highest BCUT2D eigenvalue weighted by atomic mass is 32.2. The number of hydrogen-bond donors (Lipinski definition) is 0. The first-order chi connectivity index (χ1) is 10.0. The normalized spacial score (nSPS) is 22.4. The van der Waals surface area contributed by atoms with Gasteiger partial charge in [-0.3, -0.25) is 4.79 Å². The maximum absolute atomic E-state index is 12.1. The summed E-state index contributed by atoms with van der Waals surface area (Å²) in [5, 5.41) is 0. The molecule has 2 rings (SSSR count). The third-order valence-electron chi connectivity index (χ3n) is 4.44. The Labute approximate surface area is 128 Å². The van der Waals surface area contributed by atoms with Crippen LogP contribution in [-0.2, 0) is 14.8 Å². The Hall–Kier alpha value is -0.660. The van der Waals surface area contributed by atoms with E-state index in [0.717, 1.165) is 45.6 Å². The first kappa shape index (κ1) is 16.7. The van der Waals surface area contributed by atoms with Gasteiger partial charge in [0.2, 0.25) is 15.9 Å². The van der Waals surface area contributed by atoms with E-state index in [2.05, 4.69) is 4.90 Å². The molecule has 0 aliphatic carbocycles. The second kappa shape index (κ2) is 7.56. The Morgan fingerprint density at radius 3 is 2.14 bits per heavy atom. The lowest BCUT2D eigenvalue weighted by Crippen LogP contribution is -2.49. The number of likely N-dealkylation sites (tertiary alicyclic amines) is 1. The van der Waals surface area contributed by atoms with Gasteiger partial charge in [0, 0.05) is 52.2 Å². The number of piperazine rings is 1. The van der Waals surface area contributed by atoms with E-state index in [0.29, 0.717) is 19.5 Å². The zero-order chi connectivity index (χ0) is 15.3. The maximum Gasteiger partial charge on any atom is 0.223 e. The summed E-state index contributed by atoms with van der Waals surface area (Å²) in [6, 6.07) is 0. The van der Waals surface area contributed by atoms with Crippen molar-refractivity contribution in [1.29, 1.82) is 0 Å². The van der Waals surface area contributed by atoms with Crippen LogP contribution in [0.2, 0.25) is 0 Å². The third-order valence-corrected chi connectivity index (χ3v) is 6.32. The van der Waals surface area contributed by atoms with Crippen molar-refractivity contribution in [2.45, 2.75) is 32.6 Å². The molecule has 0 radical (unpaired) electrons. The van der Waals surface area contributed by atoms with Gasteiger partial charge in [-0.25, -0.2) is 8.42 Å². The number of rotatable bonds is 5. The molecule has 2 aliphatic rings. The summed E-state index contributed by atoms with van der Waals surface area (Å²) in [4.78, 5) is 16.3. The largest absolute Gasteiger partial charge is 0.343 e. The summed E-state index contributed by atoms with van der Waals surface area (Å²) in [5.74, 6) is 0.416. The fraction of sp³-hybridized carbons (Fsp3) is 0.929. The van der Waals surface area contributed by atoms with Crippen LogP contribution in [0.25, 0.3) is 0 Å². The van der Waals surface area contributed by atoms with Gasteiger partial charge in [-0.15, -0.1) is 0 Å². The highest BCUT2D eigenvalue weighted by molar-refractivity contribution is 7.89. The van der Waals surface area contributed by atoms with Crippen LogP contribution in [0.5, 0.6) is 0 Å². The zero-order valence-electron chi connectivity index (χ0n) is 13.0. The van der Waals surface area contributed by atoms with Gasteiger partial charge in [0.1, 0.15) is 0 Å². The van der Waals surface area contributed by atoms with Gasteiger partial charge < -0.3 is 9.80 Å². The Bertz CT molecular complexity index is 438. The molecule has 0 saturated carbocycles. The molecule has 122 valence electrons. The third kappa shape index (κ3) is 4.66. The molecule has 0 aromatic heterocycles. The minimum Gasteiger partial charge on any atom is -0.343 e. The summed E-state index contributed by atoms with van der Waals surface area (Å²) in [5.41, 5.74) is 0. The number of amides is 1. The van der Waals surface area contributed by atoms with Gasteiger partial charge in [-0.05, 0) is 26.2 Å². The first-order valence-corrected chi connectivity index (χ1v) is 9.62. The molecule has 2 aliphatic heterocycles. The fourth-order valence-electron chi connectivity index (χ4n) is 2.97. The van der Waals surface area contributed by atoms with E-state index in [9.17, 15) is 13.2 Å². The molecule has 2 saturated heterocycles. The number of carbonyl (C=O) groups is 1. The summed E-state index contributed by atoms with van der Waals surface area (Å²) in [7, 11) is -3.06. The van der Waals surface area contributed by atoms with E-state index in [4.69, 9.17) is 0 Å². The SMILES string of the molecule is CCS(=O)(=O)N1CCN(CCC(=O)N2CCCCC2)CC1. The van der Waals surface area contributed by atoms with Gasteiger partial charge in [0.15, 0.2) is 0 Å². The van der Waals surface area contributed by atoms with Crippen LogP contribution in [0.15, 0.2) is 0 Å². The van der Waals surface area contributed by atoms with E-state index in [1.165, 1.54) is 6.42 Å². The average Bonchev–Trinajstić information content (AvgIpc) is 2.54. The van der Waals surface area contributed by atoms with Gasteiger partial charge in [-0.1, -0.05) is 0 Å². The van der Waals surface area contributed by atoms with Gasteiger partial charge in [0.25, 0.3) is 0 Å².